The van der Waals surface area contributed by atoms with E-state index in [0.29, 0.717) is 10.2 Å². The van der Waals surface area contributed by atoms with Gasteiger partial charge in [-0.3, -0.25) is 4.90 Å². The molecule has 2 aromatic heterocycles. The molecule has 3 heterocycles. The molecule has 0 unspecified atom stereocenters. The highest BCUT2D eigenvalue weighted by atomic mass is 32.1. The smallest absolute Gasteiger partial charge is 0.153 e. The van der Waals surface area contributed by atoms with E-state index < -0.39 is 0 Å². The maximum absolute atomic E-state index is 9.50. The minimum Gasteiger partial charge on any atom is -0.379 e. The number of aromatic nitrogens is 3. The molecule has 0 atom stereocenters. The first-order valence-electron chi connectivity index (χ1n) is 7.55. The van der Waals surface area contributed by atoms with E-state index in [4.69, 9.17) is 17.0 Å². The summed E-state index contributed by atoms with van der Waals surface area (Å²) >= 11 is 5.39. The van der Waals surface area contributed by atoms with E-state index in [-0.39, 0.29) is 0 Å². The number of fused-ring (bicyclic) bond motifs is 1. The topological polar surface area (TPSA) is 69.9 Å². The van der Waals surface area contributed by atoms with Crippen LogP contribution in [0.15, 0.2) is 6.33 Å². The van der Waals surface area contributed by atoms with E-state index in [1.807, 2.05) is 0 Å². The molecule has 0 amide bonds. The number of nitrogens with zero attached hydrogens (tertiary/aromatic N) is 4. The van der Waals surface area contributed by atoms with Gasteiger partial charge in [0.25, 0.3) is 0 Å². The van der Waals surface area contributed by atoms with E-state index in [0.717, 1.165) is 62.5 Å². The zero-order valence-electron chi connectivity index (χ0n) is 12.6. The standard InChI is InChI=1S/C15H19N5OS/c1-2-12-11(9-16)13-14(15(22)18-10-17-13)20(12)4-3-19-5-7-21-8-6-19/h10H,2-8H2,1H3,(H,17,18,22). The average molecular weight is 317 g/mol. The third-order valence-corrected chi connectivity index (χ3v) is 4.45. The molecule has 7 heteroatoms. The summed E-state index contributed by atoms with van der Waals surface area (Å²) in [5.74, 6) is 0. The van der Waals surface area contributed by atoms with Crippen molar-refractivity contribution in [1.29, 1.82) is 5.26 Å². The van der Waals surface area contributed by atoms with E-state index in [1.165, 1.54) is 0 Å². The highest BCUT2D eigenvalue weighted by molar-refractivity contribution is 7.71. The van der Waals surface area contributed by atoms with Crippen LogP contribution in [0.5, 0.6) is 0 Å². The van der Waals surface area contributed by atoms with Crippen molar-refractivity contribution in [3.63, 3.8) is 0 Å². The van der Waals surface area contributed by atoms with E-state index in [2.05, 4.69) is 32.4 Å². The summed E-state index contributed by atoms with van der Waals surface area (Å²) in [5, 5.41) is 9.50. The summed E-state index contributed by atoms with van der Waals surface area (Å²) in [6, 6.07) is 2.32. The van der Waals surface area contributed by atoms with E-state index in [1.54, 1.807) is 6.33 Å². The first-order valence-corrected chi connectivity index (χ1v) is 7.96. The van der Waals surface area contributed by atoms with Gasteiger partial charge >= 0.3 is 0 Å². The Labute approximate surface area is 134 Å². The summed E-state index contributed by atoms with van der Waals surface area (Å²) in [7, 11) is 0. The Morgan fingerprint density at radius 3 is 2.86 bits per heavy atom. The SMILES string of the molecule is CCc1c(C#N)c2[nH]cnc(=S)c2n1CCN1CCOCC1. The summed E-state index contributed by atoms with van der Waals surface area (Å²) < 4.78 is 8.09. The van der Waals surface area contributed by atoms with Crippen LogP contribution in [-0.2, 0) is 17.7 Å². The van der Waals surface area contributed by atoms with Crippen molar-refractivity contribution in [2.45, 2.75) is 19.9 Å². The Hall–Kier alpha value is -1.75. The van der Waals surface area contributed by atoms with Crippen molar-refractivity contribution in [3.05, 3.63) is 22.2 Å². The normalized spacial score (nSPS) is 16.0. The van der Waals surface area contributed by atoms with Crippen LogP contribution in [0.2, 0.25) is 0 Å². The summed E-state index contributed by atoms with van der Waals surface area (Å²) in [5.41, 5.74) is 3.40. The highest BCUT2D eigenvalue weighted by Crippen LogP contribution is 2.24. The number of hydrogen-bond donors (Lipinski definition) is 1. The quantitative estimate of drug-likeness (QED) is 0.872. The summed E-state index contributed by atoms with van der Waals surface area (Å²) in [4.78, 5) is 9.65. The highest BCUT2D eigenvalue weighted by Gasteiger charge is 2.19. The fourth-order valence-corrected chi connectivity index (χ4v) is 3.31. The van der Waals surface area contributed by atoms with Gasteiger partial charge in [-0.1, -0.05) is 19.1 Å². The predicted molar refractivity (Wildman–Crippen MR) is 86.3 cm³/mol. The van der Waals surface area contributed by atoms with Gasteiger partial charge in [-0.2, -0.15) is 5.26 Å². The second-order valence-electron chi connectivity index (χ2n) is 5.32. The molecule has 0 aliphatic carbocycles. The number of nitriles is 1. The molecule has 0 radical (unpaired) electrons. The van der Waals surface area contributed by atoms with E-state index >= 15 is 0 Å². The monoisotopic (exact) mass is 317 g/mol. The second-order valence-corrected chi connectivity index (χ2v) is 5.71. The van der Waals surface area contributed by atoms with Gasteiger partial charge < -0.3 is 14.3 Å². The second kappa shape index (κ2) is 6.57. The summed E-state index contributed by atoms with van der Waals surface area (Å²) in [6.07, 6.45) is 2.36. The van der Waals surface area contributed by atoms with Crippen LogP contribution in [-0.4, -0.2) is 52.3 Å². The molecule has 116 valence electrons. The molecular weight excluding hydrogens is 298 g/mol. The molecule has 3 rings (SSSR count). The first-order chi connectivity index (χ1) is 10.8. The van der Waals surface area contributed by atoms with Crippen LogP contribution in [0.1, 0.15) is 18.2 Å². The van der Waals surface area contributed by atoms with Crippen molar-refractivity contribution in [2.75, 3.05) is 32.8 Å². The van der Waals surface area contributed by atoms with Crippen molar-refractivity contribution < 1.29 is 4.74 Å². The predicted octanol–water partition coefficient (Wildman–Crippen LogP) is 1.86. The van der Waals surface area contributed by atoms with Crippen molar-refractivity contribution in [1.82, 2.24) is 19.4 Å². The van der Waals surface area contributed by atoms with Crippen LogP contribution in [0.4, 0.5) is 0 Å². The molecule has 1 aliphatic rings. The Bertz CT molecular complexity index is 767. The molecule has 22 heavy (non-hydrogen) atoms. The van der Waals surface area contributed by atoms with Gasteiger partial charge in [-0.05, 0) is 6.42 Å². The Kier molecular flexibility index (Phi) is 4.52. The fraction of sp³-hybridized carbons (Fsp3) is 0.533. The van der Waals surface area contributed by atoms with Gasteiger partial charge in [0.15, 0.2) is 4.64 Å². The molecule has 0 bridgehead atoms. The minimum absolute atomic E-state index is 0.548. The van der Waals surface area contributed by atoms with E-state index in [9.17, 15) is 5.26 Å². The van der Waals surface area contributed by atoms with Crippen LogP contribution in [0.25, 0.3) is 11.0 Å². The van der Waals surface area contributed by atoms with Gasteiger partial charge in [-0.15, -0.1) is 0 Å². The zero-order chi connectivity index (χ0) is 15.5. The zero-order valence-corrected chi connectivity index (χ0v) is 13.4. The van der Waals surface area contributed by atoms with Crippen LogP contribution in [0, 0.1) is 16.0 Å². The number of hydrogen-bond acceptors (Lipinski definition) is 5. The third-order valence-electron chi connectivity index (χ3n) is 4.15. The van der Waals surface area contributed by atoms with Crippen molar-refractivity contribution in [2.24, 2.45) is 0 Å². The Morgan fingerprint density at radius 1 is 1.41 bits per heavy atom. The number of morpholine rings is 1. The lowest BCUT2D eigenvalue weighted by Gasteiger charge is -2.27. The number of ether oxygens (including phenoxy) is 1. The number of aromatic amines is 1. The van der Waals surface area contributed by atoms with Crippen molar-refractivity contribution >= 4 is 23.3 Å². The van der Waals surface area contributed by atoms with Gasteiger partial charge in [0.05, 0.1) is 30.6 Å². The maximum Gasteiger partial charge on any atom is 0.153 e. The number of nitrogens with one attached hydrogen (secondary N) is 1. The molecule has 0 saturated carbocycles. The molecule has 1 fully saturated rings. The lowest BCUT2D eigenvalue weighted by Crippen LogP contribution is -2.38. The molecule has 0 aromatic carbocycles. The van der Waals surface area contributed by atoms with Crippen molar-refractivity contribution in [3.8, 4) is 6.07 Å². The Balaban J connectivity index is 2.00. The van der Waals surface area contributed by atoms with Gasteiger partial charge in [-0.25, -0.2) is 4.98 Å². The minimum atomic E-state index is 0.548. The Morgan fingerprint density at radius 2 is 2.18 bits per heavy atom. The van der Waals surface area contributed by atoms with Gasteiger partial charge in [0.2, 0.25) is 0 Å². The lowest BCUT2D eigenvalue weighted by molar-refractivity contribution is 0.0364. The molecule has 2 aromatic rings. The molecule has 1 saturated heterocycles. The number of H-pyrrole nitrogens is 1. The molecule has 1 N–H and O–H groups in total. The maximum atomic E-state index is 9.50. The molecule has 6 nitrogen and oxygen atoms in total. The summed E-state index contributed by atoms with van der Waals surface area (Å²) in [6.45, 7) is 7.29. The van der Waals surface area contributed by atoms with Gasteiger partial charge in [0, 0.05) is 31.9 Å². The molecule has 0 spiro atoms. The van der Waals surface area contributed by atoms with Crippen LogP contribution in [0.3, 0.4) is 0 Å². The van der Waals surface area contributed by atoms with Gasteiger partial charge in [0.1, 0.15) is 11.6 Å². The molecule has 1 aliphatic heterocycles. The first kappa shape index (κ1) is 15.2. The van der Waals surface area contributed by atoms with Crippen LogP contribution >= 0.6 is 12.2 Å². The largest absolute Gasteiger partial charge is 0.379 e. The van der Waals surface area contributed by atoms with Crippen LogP contribution < -0.4 is 0 Å². The fourth-order valence-electron chi connectivity index (χ4n) is 3.05. The number of rotatable bonds is 4. The lowest BCUT2D eigenvalue weighted by atomic mass is 10.2. The average Bonchev–Trinajstić information content (AvgIpc) is 2.87. The third kappa shape index (κ3) is 2.65. The molecular formula is C15H19N5OS.